The van der Waals surface area contributed by atoms with Crippen molar-refractivity contribution in [1.82, 2.24) is 5.43 Å². The van der Waals surface area contributed by atoms with Gasteiger partial charge in [-0.25, -0.2) is 8.78 Å². The minimum absolute atomic E-state index is 0.0990. The summed E-state index contributed by atoms with van der Waals surface area (Å²) in [5, 5.41) is 0. The zero-order valence-electron chi connectivity index (χ0n) is 10.0. The molecule has 5 heteroatoms. The number of benzene rings is 1. The fourth-order valence-electron chi connectivity index (χ4n) is 1.66. The van der Waals surface area contributed by atoms with Crippen molar-refractivity contribution in [2.75, 3.05) is 6.61 Å². The second kappa shape index (κ2) is 6.64. The minimum atomic E-state index is -0.845. The van der Waals surface area contributed by atoms with E-state index in [9.17, 15) is 8.78 Å². The van der Waals surface area contributed by atoms with Crippen molar-refractivity contribution in [3.63, 3.8) is 0 Å². The van der Waals surface area contributed by atoms with E-state index in [0.29, 0.717) is 18.6 Å². The van der Waals surface area contributed by atoms with Crippen LogP contribution in [-0.4, -0.2) is 18.8 Å². The molecule has 0 saturated heterocycles. The molecule has 1 rings (SSSR count). The largest absolute Gasteiger partial charge is 0.377 e. The van der Waals surface area contributed by atoms with E-state index in [2.05, 4.69) is 5.43 Å². The van der Waals surface area contributed by atoms with E-state index < -0.39 is 11.6 Å². The number of ether oxygens (including phenoxy) is 1. The van der Waals surface area contributed by atoms with Gasteiger partial charge in [-0.05, 0) is 38.0 Å². The summed E-state index contributed by atoms with van der Waals surface area (Å²) in [4.78, 5) is 0. The number of rotatable bonds is 6. The first kappa shape index (κ1) is 14.0. The van der Waals surface area contributed by atoms with Gasteiger partial charge < -0.3 is 4.74 Å². The van der Waals surface area contributed by atoms with Crippen LogP contribution < -0.4 is 11.3 Å². The number of hydrogen-bond acceptors (Lipinski definition) is 3. The maximum absolute atomic E-state index is 13.0. The molecule has 0 saturated carbocycles. The van der Waals surface area contributed by atoms with Crippen molar-refractivity contribution >= 4 is 0 Å². The highest BCUT2D eigenvalue weighted by Gasteiger charge is 2.17. The van der Waals surface area contributed by atoms with Crippen LogP contribution in [-0.2, 0) is 11.2 Å². The van der Waals surface area contributed by atoms with Gasteiger partial charge in [-0.15, -0.1) is 0 Å². The van der Waals surface area contributed by atoms with Crippen LogP contribution in [0.25, 0.3) is 0 Å². The summed E-state index contributed by atoms with van der Waals surface area (Å²) in [5.74, 6) is 3.73. The number of nitrogens with two attached hydrogens (primary N) is 1. The molecule has 0 aliphatic carbocycles. The molecular weight excluding hydrogens is 226 g/mol. The highest BCUT2D eigenvalue weighted by molar-refractivity contribution is 5.19. The molecule has 0 spiro atoms. The third-order valence-electron chi connectivity index (χ3n) is 2.65. The zero-order chi connectivity index (χ0) is 12.8. The predicted octanol–water partition coefficient (Wildman–Crippen LogP) is 1.76. The van der Waals surface area contributed by atoms with Gasteiger partial charge in [0.15, 0.2) is 11.6 Å². The molecule has 0 aromatic heterocycles. The van der Waals surface area contributed by atoms with Gasteiger partial charge in [0.05, 0.1) is 12.1 Å². The van der Waals surface area contributed by atoms with Crippen LogP contribution >= 0.6 is 0 Å². The van der Waals surface area contributed by atoms with E-state index in [4.69, 9.17) is 10.6 Å². The SMILES string of the molecule is CCOC(C)C(Cc1ccc(F)c(F)c1)NN. The molecule has 3 nitrogen and oxygen atoms in total. The molecule has 0 fully saturated rings. The Kier molecular flexibility index (Phi) is 5.47. The van der Waals surface area contributed by atoms with Crippen LogP contribution in [0.2, 0.25) is 0 Å². The summed E-state index contributed by atoms with van der Waals surface area (Å²) in [5.41, 5.74) is 3.31. The Labute approximate surface area is 99.9 Å². The van der Waals surface area contributed by atoms with Crippen LogP contribution in [0.3, 0.4) is 0 Å². The highest BCUT2D eigenvalue weighted by Crippen LogP contribution is 2.12. The Bertz CT molecular complexity index is 360. The summed E-state index contributed by atoms with van der Waals surface area (Å²) in [6.45, 7) is 4.35. The minimum Gasteiger partial charge on any atom is -0.377 e. The van der Waals surface area contributed by atoms with Crippen molar-refractivity contribution in [3.8, 4) is 0 Å². The summed E-state index contributed by atoms with van der Waals surface area (Å²) >= 11 is 0. The number of hydrazine groups is 1. The maximum atomic E-state index is 13.0. The second-order valence-electron chi connectivity index (χ2n) is 3.89. The van der Waals surface area contributed by atoms with Crippen LogP contribution in [0.4, 0.5) is 8.78 Å². The van der Waals surface area contributed by atoms with Gasteiger partial charge in [-0.3, -0.25) is 11.3 Å². The van der Waals surface area contributed by atoms with E-state index >= 15 is 0 Å². The van der Waals surface area contributed by atoms with Gasteiger partial charge in [-0.1, -0.05) is 6.07 Å². The van der Waals surface area contributed by atoms with E-state index in [1.54, 1.807) is 6.07 Å². The third kappa shape index (κ3) is 4.03. The molecule has 2 atom stereocenters. The summed E-state index contributed by atoms with van der Waals surface area (Å²) in [6.07, 6.45) is 0.382. The number of nitrogens with one attached hydrogen (secondary N) is 1. The first-order chi connectivity index (χ1) is 8.08. The number of halogens is 2. The van der Waals surface area contributed by atoms with Crippen molar-refractivity contribution in [1.29, 1.82) is 0 Å². The average molecular weight is 244 g/mol. The number of hydrogen-bond donors (Lipinski definition) is 2. The van der Waals surface area contributed by atoms with Gasteiger partial charge in [0.2, 0.25) is 0 Å². The highest BCUT2D eigenvalue weighted by atomic mass is 19.2. The standard InChI is InChI=1S/C12H18F2N2O/c1-3-17-8(2)12(16-15)7-9-4-5-10(13)11(14)6-9/h4-6,8,12,16H,3,7,15H2,1-2H3. The van der Waals surface area contributed by atoms with E-state index in [1.165, 1.54) is 6.07 Å². The van der Waals surface area contributed by atoms with E-state index in [0.717, 1.165) is 6.07 Å². The maximum Gasteiger partial charge on any atom is 0.159 e. The molecule has 0 aliphatic heterocycles. The fraction of sp³-hybridized carbons (Fsp3) is 0.500. The van der Waals surface area contributed by atoms with Gasteiger partial charge >= 0.3 is 0 Å². The quantitative estimate of drug-likeness (QED) is 0.592. The molecule has 0 radical (unpaired) electrons. The lowest BCUT2D eigenvalue weighted by Gasteiger charge is -2.23. The summed E-state index contributed by atoms with van der Waals surface area (Å²) in [7, 11) is 0. The van der Waals surface area contributed by atoms with Gasteiger partial charge in [0, 0.05) is 6.61 Å². The van der Waals surface area contributed by atoms with Crippen molar-refractivity contribution in [3.05, 3.63) is 35.4 Å². The van der Waals surface area contributed by atoms with Crippen molar-refractivity contribution in [2.45, 2.75) is 32.4 Å². The molecule has 3 N–H and O–H groups in total. The van der Waals surface area contributed by atoms with Crippen LogP contribution in [0.1, 0.15) is 19.4 Å². The molecule has 0 aliphatic rings. The summed E-state index contributed by atoms with van der Waals surface area (Å²) in [6, 6.07) is 3.70. The Morgan fingerprint density at radius 2 is 2.06 bits per heavy atom. The molecule has 1 aromatic rings. The molecule has 1 aromatic carbocycles. The molecule has 17 heavy (non-hydrogen) atoms. The Balaban J connectivity index is 2.70. The smallest absolute Gasteiger partial charge is 0.159 e. The fourth-order valence-corrected chi connectivity index (χ4v) is 1.66. The van der Waals surface area contributed by atoms with E-state index in [-0.39, 0.29) is 12.1 Å². The lowest BCUT2D eigenvalue weighted by molar-refractivity contribution is 0.0476. The van der Waals surface area contributed by atoms with Crippen LogP contribution in [0.15, 0.2) is 18.2 Å². The van der Waals surface area contributed by atoms with Gasteiger partial charge in [0.1, 0.15) is 0 Å². The molecular formula is C12H18F2N2O. The van der Waals surface area contributed by atoms with Gasteiger partial charge in [-0.2, -0.15) is 0 Å². The molecule has 2 unspecified atom stereocenters. The molecule has 0 bridgehead atoms. The van der Waals surface area contributed by atoms with Crippen molar-refractivity contribution in [2.24, 2.45) is 5.84 Å². The summed E-state index contributed by atoms with van der Waals surface area (Å²) < 4.78 is 31.2. The lowest BCUT2D eigenvalue weighted by atomic mass is 10.0. The van der Waals surface area contributed by atoms with E-state index in [1.807, 2.05) is 13.8 Å². The topological polar surface area (TPSA) is 47.3 Å². The van der Waals surface area contributed by atoms with Crippen LogP contribution in [0, 0.1) is 11.6 Å². The zero-order valence-corrected chi connectivity index (χ0v) is 10.0. The molecule has 0 amide bonds. The first-order valence-corrected chi connectivity index (χ1v) is 5.60. The van der Waals surface area contributed by atoms with Crippen LogP contribution in [0.5, 0.6) is 0 Å². The Hall–Kier alpha value is -1.04. The first-order valence-electron chi connectivity index (χ1n) is 5.60. The Morgan fingerprint density at radius 3 is 2.59 bits per heavy atom. The average Bonchev–Trinajstić information content (AvgIpc) is 2.30. The lowest BCUT2D eigenvalue weighted by Crippen LogP contribution is -2.45. The third-order valence-corrected chi connectivity index (χ3v) is 2.65. The Morgan fingerprint density at radius 1 is 1.35 bits per heavy atom. The van der Waals surface area contributed by atoms with Crippen molar-refractivity contribution < 1.29 is 13.5 Å². The predicted molar refractivity (Wildman–Crippen MR) is 62.3 cm³/mol. The van der Waals surface area contributed by atoms with Gasteiger partial charge in [0.25, 0.3) is 0 Å². The molecule has 96 valence electrons. The monoisotopic (exact) mass is 244 g/mol. The molecule has 0 heterocycles. The second-order valence-corrected chi connectivity index (χ2v) is 3.89. The normalized spacial score (nSPS) is 14.6.